The SMILES string of the molecule is CC(C)=CCC/C(C)=C\Cn1cc(CC(C)(P(=O)([O-])[O-])P(=O)([O-])[O-])nn1.[Na+].[Na+].[Na+].[Na+]. The maximum atomic E-state index is 11.3. The van der Waals surface area contributed by atoms with E-state index in [1.807, 2.05) is 26.8 Å². The molecule has 1 heterocycles. The van der Waals surface area contributed by atoms with E-state index >= 15 is 0 Å². The second-order valence-corrected chi connectivity index (χ2v) is 11.0. The van der Waals surface area contributed by atoms with E-state index in [0.29, 0.717) is 13.5 Å². The predicted octanol–water partition coefficient (Wildman–Crippen LogP) is -11.9. The number of rotatable bonds is 9. The molecule has 0 bridgehead atoms. The molecule has 0 amide bonds. The molecule has 0 atom stereocenters. The van der Waals surface area contributed by atoms with E-state index in [4.69, 9.17) is 0 Å². The molecule has 0 saturated heterocycles. The van der Waals surface area contributed by atoms with Crippen LogP contribution in [0.2, 0.25) is 0 Å². The normalized spacial score (nSPS) is 11.9. The summed E-state index contributed by atoms with van der Waals surface area (Å²) in [5.41, 5.74) is 2.31. The van der Waals surface area contributed by atoms with Crippen molar-refractivity contribution in [3.63, 3.8) is 0 Å². The molecule has 0 spiro atoms. The number of hydrogen-bond donors (Lipinski definition) is 0. The largest absolute Gasteiger partial charge is 1.00 e. The summed E-state index contributed by atoms with van der Waals surface area (Å²) < 4.78 is 24.0. The van der Waals surface area contributed by atoms with Crippen LogP contribution in [0.4, 0.5) is 0 Å². The van der Waals surface area contributed by atoms with Crippen molar-refractivity contribution in [3.05, 3.63) is 35.2 Å². The molecular formula is C15H23N3Na4O6P2. The molecule has 0 N–H and O–H groups in total. The Balaban J connectivity index is -0.000000845. The van der Waals surface area contributed by atoms with Gasteiger partial charge in [-0.3, -0.25) is 0 Å². The third-order valence-electron chi connectivity index (χ3n) is 4.00. The summed E-state index contributed by atoms with van der Waals surface area (Å²) in [6.07, 6.45) is 6.31. The van der Waals surface area contributed by atoms with Gasteiger partial charge in [-0.1, -0.05) is 43.7 Å². The Morgan fingerprint density at radius 1 is 1.03 bits per heavy atom. The van der Waals surface area contributed by atoms with Crippen molar-refractivity contribution in [2.45, 2.75) is 58.4 Å². The smallest absolute Gasteiger partial charge is 0.810 e. The van der Waals surface area contributed by atoms with Crippen LogP contribution in [0, 0.1) is 0 Å². The summed E-state index contributed by atoms with van der Waals surface area (Å²) in [6.45, 7) is 6.97. The summed E-state index contributed by atoms with van der Waals surface area (Å²) >= 11 is 0. The summed E-state index contributed by atoms with van der Waals surface area (Å²) in [7, 11) is -11.4. The van der Waals surface area contributed by atoms with Gasteiger partial charge in [-0.2, -0.15) is 0 Å². The molecule has 0 unspecified atom stereocenters. The van der Waals surface area contributed by atoms with Gasteiger partial charge in [0.05, 0.1) is 12.2 Å². The summed E-state index contributed by atoms with van der Waals surface area (Å²) in [4.78, 5) is 42.2. The molecule has 30 heavy (non-hydrogen) atoms. The van der Waals surface area contributed by atoms with Gasteiger partial charge < -0.3 is 28.7 Å². The summed E-state index contributed by atoms with van der Waals surface area (Å²) in [5, 5.41) is 7.44. The zero-order valence-electron chi connectivity index (χ0n) is 19.2. The van der Waals surface area contributed by atoms with Crippen molar-refractivity contribution in [1.29, 1.82) is 0 Å². The first-order valence-electron chi connectivity index (χ1n) is 7.98. The Bertz CT molecular complexity index is 765. The zero-order valence-corrected chi connectivity index (χ0v) is 29.0. The van der Waals surface area contributed by atoms with Gasteiger partial charge >= 0.3 is 118 Å². The molecule has 0 aliphatic rings. The van der Waals surface area contributed by atoms with Gasteiger partial charge in [-0.05, 0) is 40.5 Å². The summed E-state index contributed by atoms with van der Waals surface area (Å²) in [5.74, 6) is 0. The molecule has 0 aliphatic heterocycles. The van der Waals surface area contributed by atoms with Crippen LogP contribution in [-0.4, -0.2) is 19.9 Å². The van der Waals surface area contributed by atoms with E-state index in [9.17, 15) is 28.7 Å². The van der Waals surface area contributed by atoms with Crippen LogP contribution < -0.4 is 138 Å². The molecule has 0 fully saturated rings. The van der Waals surface area contributed by atoms with Gasteiger partial charge in [0.25, 0.3) is 0 Å². The van der Waals surface area contributed by atoms with E-state index in [1.165, 1.54) is 16.5 Å². The second-order valence-electron chi connectivity index (χ2n) is 6.69. The minimum atomic E-state index is -5.70. The standard InChI is InChI=1S/C15H27N3O6P2.4Na/c1-12(2)6-5-7-13(3)8-9-18-11-14(16-17-18)10-15(4,25(19,20)21)26(22,23)24;;;;/h6,8,11H,5,7,9-10H2,1-4H3,(H2,19,20,21)(H2,22,23,24);;;;/q;4*+1/p-4/b13-8-;;;;. The second kappa shape index (κ2) is 17.4. The Morgan fingerprint density at radius 3 is 1.97 bits per heavy atom. The Kier molecular flexibility index (Phi) is 23.2. The average Bonchev–Trinajstić information content (AvgIpc) is 2.89. The fraction of sp³-hybridized carbons (Fsp3) is 0.600. The van der Waals surface area contributed by atoms with E-state index in [1.54, 1.807) is 0 Å². The third-order valence-corrected chi connectivity index (χ3v) is 8.15. The number of allylic oxidation sites excluding steroid dienone is 4. The maximum absolute atomic E-state index is 11.3. The van der Waals surface area contributed by atoms with Gasteiger partial charge in [0.1, 0.15) is 0 Å². The minimum absolute atomic E-state index is 0. The van der Waals surface area contributed by atoms with Crippen LogP contribution in [0.25, 0.3) is 0 Å². The monoisotopic (exact) mass is 495 g/mol. The van der Waals surface area contributed by atoms with Crippen molar-refractivity contribution >= 4 is 15.2 Å². The molecule has 0 aliphatic carbocycles. The average molecular weight is 495 g/mol. The molecule has 15 heteroatoms. The van der Waals surface area contributed by atoms with E-state index < -0.39 is 26.5 Å². The van der Waals surface area contributed by atoms with E-state index in [-0.39, 0.29) is 124 Å². The minimum Gasteiger partial charge on any atom is -0.810 e. The van der Waals surface area contributed by atoms with Crippen molar-refractivity contribution in [1.82, 2.24) is 15.0 Å². The van der Waals surface area contributed by atoms with Gasteiger partial charge in [0.2, 0.25) is 0 Å². The van der Waals surface area contributed by atoms with Gasteiger partial charge in [-0.15, -0.1) is 5.10 Å². The Morgan fingerprint density at radius 2 is 1.53 bits per heavy atom. The molecule has 0 saturated carbocycles. The number of hydrogen-bond acceptors (Lipinski definition) is 8. The van der Waals surface area contributed by atoms with Crippen LogP contribution in [0.5, 0.6) is 0 Å². The summed E-state index contributed by atoms with van der Waals surface area (Å²) in [6, 6.07) is 0. The Hall–Kier alpha value is 2.92. The fourth-order valence-corrected chi connectivity index (χ4v) is 4.05. The first kappa shape index (κ1) is 40.1. The predicted molar refractivity (Wildman–Crippen MR) is 89.8 cm³/mol. The van der Waals surface area contributed by atoms with Crippen LogP contribution in [0.15, 0.2) is 29.5 Å². The first-order valence-corrected chi connectivity index (χ1v) is 11.1. The zero-order chi connectivity index (χ0) is 20.2. The molecule has 1 aromatic rings. The van der Waals surface area contributed by atoms with Crippen molar-refractivity contribution in [2.75, 3.05) is 0 Å². The molecule has 9 nitrogen and oxygen atoms in total. The molecule has 0 radical (unpaired) electrons. The topological polar surface area (TPSA) is 157 Å². The van der Waals surface area contributed by atoms with Crippen molar-refractivity contribution < 1.29 is 147 Å². The van der Waals surface area contributed by atoms with Crippen LogP contribution in [-0.2, 0) is 22.1 Å². The van der Waals surface area contributed by atoms with Crippen LogP contribution in [0.3, 0.4) is 0 Å². The van der Waals surface area contributed by atoms with Gasteiger partial charge in [0, 0.05) is 17.5 Å². The molecule has 0 aromatic carbocycles. The van der Waals surface area contributed by atoms with Crippen LogP contribution in [0.1, 0.15) is 46.2 Å². The van der Waals surface area contributed by atoms with Crippen molar-refractivity contribution in [2.24, 2.45) is 0 Å². The van der Waals surface area contributed by atoms with E-state index in [2.05, 4.69) is 16.4 Å². The Labute approximate surface area is 266 Å². The number of aromatic nitrogens is 3. The first-order chi connectivity index (χ1) is 11.8. The van der Waals surface area contributed by atoms with Crippen molar-refractivity contribution in [3.8, 4) is 0 Å². The molecular weight excluding hydrogens is 472 g/mol. The van der Waals surface area contributed by atoms with E-state index in [0.717, 1.165) is 18.4 Å². The maximum Gasteiger partial charge on any atom is 1.00 e. The van der Waals surface area contributed by atoms with Crippen LogP contribution >= 0.6 is 15.2 Å². The van der Waals surface area contributed by atoms with Gasteiger partial charge in [0.15, 0.2) is 0 Å². The quantitative estimate of drug-likeness (QED) is 0.186. The molecule has 148 valence electrons. The molecule has 1 rings (SSSR count). The fourth-order valence-electron chi connectivity index (χ4n) is 2.14. The number of nitrogens with zero attached hydrogens (tertiary/aromatic N) is 3. The van der Waals surface area contributed by atoms with Gasteiger partial charge in [-0.25, -0.2) is 4.68 Å². The third kappa shape index (κ3) is 13.1. The molecule has 1 aromatic heterocycles.